The number of nitrogens with zero attached hydrogens (tertiary/aromatic N) is 2. The van der Waals surface area contributed by atoms with Crippen LogP contribution in [0, 0.1) is 11.3 Å². The van der Waals surface area contributed by atoms with E-state index in [-0.39, 0.29) is 5.91 Å². The second kappa shape index (κ2) is 3.04. The minimum Gasteiger partial charge on any atom is -0.308 e. The minimum absolute atomic E-state index is 0.241. The Balaban J connectivity index is 2.64. The first kappa shape index (κ1) is 9.62. The number of alkyl halides is 2. The molecule has 0 unspecified atom stereocenters. The molecule has 0 aromatic carbocycles. The van der Waals surface area contributed by atoms with Gasteiger partial charge >= 0.3 is 0 Å². The highest BCUT2D eigenvalue weighted by atomic mass is 79.9. The molecule has 0 bridgehead atoms. The molecule has 1 aliphatic heterocycles. The van der Waals surface area contributed by atoms with Gasteiger partial charge in [0.25, 0.3) is 5.91 Å². The quantitative estimate of drug-likeness (QED) is 0.743. The van der Waals surface area contributed by atoms with E-state index in [1.54, 1.807) is 6.07 Å². The fourth-order valence-electron chi connectivity index (χ4n) is 1.17. The van der Waals surface area contributed by atoms with Gasteiger partial charge in [0, 0.05) is 11.8 Å². The number of hydrogen-bond donors (Lipinski definition) is 1. The molecule has 1 aromatic rings. The zero-order valence-electron chi connectivity index (χ0n) is 6.71. The van der Waals surface area contributed by atoms with Crippen molar-refractivity contribution in [2.24, 2.45) is 0 Å². The van der Waals surface area contributed by atoms with Crippen LogP contribution in [-0.4, -0.2) is 10.9 Å². The first-order valence-electron chi connectivity index (χ1n) is 3.65. The standard InChI is InChI=1S/C8H3Br2N3O/c9-8(10)5-1-4(2-11)3-12-6(5)13-7(8)14/h1,3H,(H,12,13,14). The van der Waals surface area contributed by atoms with Crippen LogP contribution in [0.2, 0.25) is 0 Å². The number of pyridine rings is 1. The molecule has 2 rings (SSSR count). The van der Waals surface area contributed by atoms with Gasteiger partial charge < -0.3 is 5.32 Å². The van der Waals surface area contributed by atoms with E-state index in [1.807, 2.05) is 6.07 Å². The average molecular weight is 317 g/mol. The highest BCUT2D eigenvalue weighted by Gasteiger charge is 2.43. The number of nitrogens with one attached hydrogen (secondary N) is 1. The van der Waals surface area contributed by atoms with Crippen molar-refractivity contribution in [3.8, 4) is 6.07 Å². The van der Waals surface area contributed by atoms with Crippen LogP contribution in [0.1, 0.15) is 11.1 Å². The normalized spacial score (nSPS) is 17.1. The SMILES string of the molecule is N#Cc1cnc2c(c1)C(Br)(Br)C(=O)N2. The van der Waals surface area contributed by atoms with Crippen molar-refractivity contribution in [2.45, 2.75) is 3.23 Å². The largest absolute Gasteiger partial charge is 0.308 e. The summed E-state index contributed by atoms with van der Waals surface area (Å²) in [4.78, 5) is 15.4. The third kappa shape index (κ3) is 1.24. The van der Waals surface area contributed by atoms with Crippen LogP contribution < -0.4 is 5.32 Å². The van der Waals surface area contributed by atoms with Crippen LogP contribution in [0.15, 0.2) is 12.3 Å². The Labute approximate surface area is 96.6 Å². The van der Waals surface area contributed by atoms with E-state index in [1.165, 1.54) is 6.20 Å². The van der Waals surface area contributed by atoms with Gasteiger partial charge in [-0.2, -0.15) is 5.26 Å². The lowest BCUT2D eigenvalue weighted by atomic mass is 10.2. The molecule has 1 aliphatic rings. The molecule has 0 saturated carbocycles. The summed E-state index contributed by atoms with van der Waals surface area (Å²) in [6, 6.07) is 3.58. The molecule has 2 heterocycles. The molecule has 0 spiro atoms. The van der Waals surface area contributed by atoms with Gasteiger partial charge in [0.1, 0.15) is 11.9 Å². The number of fused-ring (bicyclic) bond motifs is 1. The van der Waals surface area contributed by atoms with Crippen molar-refractivity contribution >= 4 is 43.6 Å². The van der Waals surface area contributed by atoms with Gasteiger partial charge in [-0.3, -0.25) is 4.79 Å². The number of halogens is 2. The van der Waals surface area contributed by atoms with Crippen molar-refractivity contribution in [3.63, 3.8) is 0 Å². The fourth-order valence-corrected chi connectivity index (χ4v) is 1.98. The van der Waals surface area contributed by atoms with E-state index >= 15 is 0 Å². The van der Waals surface area contributed by atoms with Gasteiger partial charge in [-0.15, -0.1) is 0 Å². The third-order valence-electron chi connectivity index (χ3n) is 1.87. The first-order chi connectivity index (χ1) is 6.55. The van der Waals surface area contributed by atoms with Crippen LogP contribution in [0.4, 0.5) is 5.82 Å². The molecular formula is C8H3Br2N3O. The Morgan fingerprint density at radius 2 is 2.29 bits per heavy atom. The summed E-state index contributed by atoms with van der Waals surface area (Å²) in [5.74, 6) is 0.234. The van der Waals surface area contributed by atoms with Crippen molar-refractivity contribution < 1.29 is 4.79 Å². The summed E-state index contributed by atoms with van der Waals surface area (Å²) in [6.07, 6.45) is 1.42. The summed E-state index contributed by atoms with van der Waals surface area (Å²) in [5.41, 5.74) is 1.05. The molecule has 14 heavy (non-hydrogen) atoms. The van der Waals surface area contributed by atoms with E-state index in [0.717, 1.165) is 0 Å². The number of carbonyl (C=O) groups excluding carboxylic acids is 1. The zero-order valence-corrected chi connectivity index (χ0v) is 9.89. The lowest BCUT2D eigenvalue weighted by Gasteiger charge is -2.09. The molecule has 0 radical (unpaired) electrons. The second-order valence-corrected chi connectivity index (χ2v) is 6.20. The van der Waals surface area contributed by atoms with E-state index in [4.69, 9.17) is 5.26 Å². The monoisotopic (exact) mass is 315 g/mol. The Bertz CT molecular complexity index is 464. The molecule has 0 saturated heterocycles. The number of nitriles is 1. The topological polar surface area (TPSA) is 65.8 Å². The second-order valence-electron chi connectivity index (χ2n) is 2.76. The number of hydrogen-bond acceptors (Lipinski definition) is 3. The van der Waals surface area contributed by atoms with Crippen LogP contribution in [0.3, 0.4) is 0 Å². The maximum atomic E-state index is 11.4. The van der Waals surface area contributed by atoms with Gasteiger partial charge in [-0.1, -0.05) is 31.9 Å². The highest BCUT2D eigenvalue weighted by molar-refractivity contribution is 9.25. The lowest BCUT2D eigenvalue weighted by molar-refractivity contribution is -0.115. The number of amides is 1. The summed E-state index contributed by atoms with van der Waals surface area (Å²) in [7, 11) is 0. The van der Waals surface area contributed by atoms with Gasteiger partial charge in [-0.25, -0.2) is 4.98 Å². The minimum atomic E-state index is -0.963. The molecule has 0 aliphatic carbocycles. The van der Waals surface area contributed by atoms with E-state index < -0.39 is 3.23 Å². The molecule has 1 amide bonds. The van der Waals surface area contributed by atoms with E-state index in [2.05, 4.69) is 42.2 Å². The van der Waals surface area contributed by atoms with Crippen LogP contribution >= 0.6 is 31.9 Å². The Morgan fingerprint density at radius 1 is 1.57 bits per heavy atom. The van der Waals surface area contributed by atoms with Gasteiger partial charge in [-0.05, 0) is 6.07 Å². The molecule has 1 N–H and O–H groups in total. The van der Waals surface area contributed by atoms with Crippen LogP contribution in [0.5, 0.6) is 0 Å². The van der Waals surface area contributed by atoms with Crippen LogP contribution in [0.25, 0.3) is 0 Å². The summed E-state index contributed by atoms with van der Waals surface area (Å²) in [6.45, 7) is 0. The zero-order chi connectivity index (χ0) is 10.3. The highest BCUT2D eigenvalue weighted by Crippen LogP contribution is 2.46. The Hall–Kier alpha value is -0.930. The van der Waals surface area contributed by atoms with Crippen molar-refractivity contribution in [3.05, 3.63) is 23.4 Å². The number of rotatable bonds is 0. The van der Waals surface area contributed by atoms with Crippen molar-refractivity contribution in [1.29, 1.82) is 5.26 Å². The van der Waals surface area contributed by atoms with Gasteiger partial charge in [0.2, 0.25) is 0 Å². The van der Waals surface area contributed by atoms with Gasteiger partial charge in [0.05, 0.1) is 5.56 Å². The lowest BCUT2D eigenvalue weighted by Crippen LogP contribution is -2.20. The van der Waals surface area contributed by atoms with Crippen molar-refractivity contribution in [1.82, 2.24) is 4.98 Å². The molecule has 6 heteroatoms. The smallest absolute Gasteiger partial charge is 0.258 e. The number of anilines is 1. The van der Waals surface area contributed by atoms with Crippen LogP contribution in [-0.2, 0) is 8.03 Å². The summed E-state index contributed by atoms with van der Waals surface area (Å²) < 4.78 is -0.963. The van der Waals surface area contributed by atoms with E-state index in [0.29, 0.717) is 16.9 Å². The summed E-state index contributed by atoms with van der Waals surface area (Å²) in [5, 5.41) is 11.3. The molecule has 4 nitrogen and oxygen atoms in total. The molecule has 0 atom stereocenters. The van der Waals surface area contributed by atoms with E-state index in [9.17, 15) is 4.79 Å². The third-order valence-corrected chi connectivity index (χ3v) is 3.45. The maximum absolute atomic E-state index is 11.4. The van der Waals surface area contributed by atoms with Gasteiger partial charge in [0.15, 0.2) is 3.23 Å². The Kier molecular flexibility index (Phi) is 2.09. The van der Waals surface area contributed by atoms with Crippen molar-refractivity contribution in [2.75, 3.05) is 5.32 Å². The fraction of sp³-hybridized carbons (Fsp3) is 0.125. The number of aromatic nitrogens is 1. The first-order valence-corrected chi connectivity index (χ1v) is 5.24. The summed E-state index contributed by atoms with van der Waals surface area (Å²) >= 11 is 6.45. The molecular weight excluding hydrogens is 314 g/mol. The Morgan fingerprint density at radius 3 is 2.93 bits per heavy atom. The predicted molar refractivity (Wildman–Crippen MR) is 57.1 cm³/mol. The number of carbonyl (C=O) groups is 1. The average Bonchev–Trinajstić information content (AvgIpc) is 2.38. The molecule has 0 fully saturated rings. The molecule has 1 aromatic heterocycles. The molecule has 70 valence electrons. The predicted octanol–water partition coefficient (Wildman–Crippen LogP) is 1.85. The maximum Gasteiger partial charge on any atom is 0.258 e.